The molecule has 0 radical (unpaired) electrons. The third-order valence-electron chi connectivity index (χ3n) is 2.37. The molecule has 0 saturated heterocycles. The molecule has 0 amide bonds. The van der Waals surface area contributed by atoms with E-state index in [2.05, 4.69) is 20.7 Å². The van der Waals surface area contributed by atoms with Crippen molar-refractivity contribution in [3.63, 3.8) is 0 Å². The third kappa shape index (κ3) is 4.81. The van der Waals surface area contributed by atoms with E-state index in [9.17, 15) is 12.8 Å². The fraction of sp³-hybridized carbons (Fsp3) is 0.455. The molecule has 19 heavy (non-hydrogen) atoms. The maximum absolute atomic E-state index is 13.6. The summed E-state index contributed by atoms with van der Waals surface area (Å²) in [4.78, 5) is -0.400. The first-order chi connectivity index (χ1) is 8.90. The molecule has 0 heterocycles. The fourth-order valence-electron chi connectivity index (χ4n) is 1.37. The van der Waals surface area contributed by atoms with Gasteiger partial charge in [-0.05, 0) is 18.2 Å². The van der Waals surface area contributed by atoms with Gasteiger partial charge in [0, 0.05) is 25.2 Å². The van der Waals surface area contributed by atoms with Crippen molar-refractivity contribution in [3.8, 4) is 0 Å². The minimum atomic E-state index is -3.91. The number of halogens is 2. The molecule has 1 aromatic rings. The van der Waals surface area contributed by atoms with Gasteiger partial charge in [-0.2, -0.15) is 0 Å². The highest BCUT2D eigenvalue weighted by Gasteiger charge is 2.20. The molecule has 0 aliphatic carbocycles. The molecule has 1 rings (SSSR count). The zero-order valence-corrected chi connectivity index (χ0v) is 12.9. The summed E-state index contributed by atoms with van der Waals surface area (Å²) < 4.78 is 50.1. The van der Waals surface area contributed by atoms with Gasteiger partial charge in [0.05, 0.1) is 12.7 Å². The number of hydrogen-bond acceptors (Lipinski definition) is 4. The van der Waals surface area contributed by atoms with Crippen LogP contribution in [0, 0.1) is 5.82 Å². The van der Waals surface area contributed by atoms with Crippen LogP contribution in [0.15, 0.2) is 27.6 Å². The first-order valence-electron chi connectivity index (χ1n) is 5.37. The second-order valence-electron chi connectivity index (χ2n) is 3.74. The molecule has 0 aromatic heterocycles. The normalized spacial score (nSPS) is 13.5. The Bertz CT molecular complexity index is 523. The van der Waals surface area contributed by atoms with Crippen LogP contribution in [0.2, 0.25) is 0 Å². The first-order valence-corrected chi connectivity index (χ1v) is 7.64. The summed E-state index contributed by atoms with van der Waals surface area (Å²) in [7, 11) is -0.989. The molecule has 1 unspecified atom stereocenters. The van der Waals surface area contributed by atoms with Crippen molar-refractivity contribution in [1.29, 1.82) is 0 Å². The summed E-state index contributed by atoms with van der Waals surface area (Å²) >= 11 is 3.07. The standard InChI is InChI=1S/C11H15BrFNO4S/c1-17-7-9(18-2)6-14-19(15,16)11-4-3-8(12)5-10(11)13/h3-5,9,14H,6-7H2,1-2H3. The van der Waals surface area contributed by atoms with E-state index in [1.165, 1.54) is 26.4 Å². The minimum absolute atomic E-state index is 0.00216. The molecule has 1 atom stereocenters. The quantitative estimate of drug-likeness (QED) is 0.805. The molecule has 108 valence electrons. The van der Waals surface area contributed by atoms with Crippen LogP contribution in [0.25, 0.3) is 0 Å². The fourth-order valence-corrected chi connectivity index (χ4v) is 2.83. The Morgan fingerprint density at radius 2 is 2.11 bits per heavy atom. The van der Waals surface area contributed by atoms with Crippen molar-refractivity contribution >= 4 is 26.0 Å². The summed E-state index contributed by atoms with van der Waals surface area (Å²) in [6.45, 7) is 0.240. The zero-order chi connectivity index (χ0) is 14.5. The molecular formula is C11H15BrFNO4S. The van der Waals surface area contributed by atoms with Gasteiger partial charge in [-0.3, -0.25) is 0 Å². The van der Waals surface area contributed by atoms with E-state index in [0.717, 1.165) is 6.07 Å². The lowest BCUT2D eigenvalue weighted by Crippen LogP contribution is -2.35. The van der Waals surface area contributed by atoms with E-state index in [0.29, 0.717) is 4.47 Å². The van der Waals surface area contributed by atoms with E-state index in [-0.39, 0.29) is 13.2 Å². The first kappa shape index (κ1) is 16.5. The molecule has 1 aromatic carbocycles. The Labute approximate surface area is 120 Å². The van der Waals surface area contributed by atoms with Crippen LogP contribution in [0.5, 0.6) is 0 Å². The van der Waals surface area contributed by atoms with Gasteiger partial charge in [0.2, 0.25) is 10.0 Å². The van der Waals surface area contributed by atoms with Crippen LogP contribution in [0.4, 0.5) is 4.39 Å². The number of rotatable bonds is 7. The Hall–Kier alpha value is -0.540. The van der Waals surface area contributed by atoms with Crippen LogP contribution in [-0.4, -0.2) is 41.9 Å². The van der Waals surface area contributed by atoms with Gasteiger partial charge < -0.3 is 9.47 Å². The Balaban J connectivity index is 2.81. The van der Waals surface area contributed by atoms with Crippen molar-refractivity contribution in [3.05, 3.63) is 28.5 Å². The Morgan fingerprint density at radius 1 is 1.42 bits per heavy atom. The monoisotopic (exact) mass is 355 g/mol. The van der Waals surface area contributed by atoms with Gasteiger partial charge in [-0.25, -0.2) is 17.5 Å². The molecule has 0 aliphatic rings. The van der Waals surface area contributed by atoms with Crippen molar-refractivity contribution in [2.75, 3.05) is 27.4 Å². The molecule has 0 aliphatic heterocycles. The molecular weight excluding hydrogens is 341 g/mol. The van der Waals surface area contributed by atoms with Crippen LogP contribution >= 0.6 is 15.9 Å². The second-order valence-corrected chi connectivity index (χ2v) is 6.39. The van der Waals surface area contributed by atoms with Gasteiger partial charge >= 0.3 is 0 Å². The van der Waals surface area contributed by atoms with E-state index in [4.69, 9.17) is 9.47 Å². The summed E-state index contributed by atoms with van der Waals surface area (Å²) in [5, 5.41) is 0. The highest BCUT2D eigenvalue weighted by molar-refractivity contribution is 9.10. The summed E-state index contributed by atoms with van der Waals surface area (Å²) in [5.74, 6) is -0.817. The van der Waals surface area contributed by atoms with Gasteiger partial charge in [-0.15, -0.1) is 0 Å². The van der Waals surface area contributed by atoms with E-state index in [1.807, 2.05) is 0 Å². The average molecular weight is 356 g/mol. The van der Waals surface area contributed by atoms with Crippen molar-refractivity contribution in [1.82, 2.24) is 4.72 Å². The van der Waals surface area contributed by atoms with Crippen LogP contribution in [0.3, 0.4) is 0 Å². The molecule has 1 N–H and O–H groups in total. The van der Waals surface area contributed by atoms with Crippen molar-refractivity contribution in [2.45, 2.75) is 11.0 Å². The van der Waals surface area contributed by atoms with Crippen LogP contribution in [-0.2, 0) is 19.5 Å². The lowest BCUT2D eigenvalue weighted by Gasteiger charge is -2.15. The van der Waals surface area contributed by atoms with Crippen LogP contribution in [0.1, 0.15) is 0 Å². The molecule has 5 nitrogen and oxygen atoms in total. The number of hydrogen-bond donors (Lipinski definition) is 1. The highest BCUT2D eigenvalue weighted by atomic mass is 79.9. The van der Waals surface area contributed by atoms with Gasteiger partial charge in [0.1, 0.15) is 10.7 Å². The van der Waals surface area contributed by atoms with Crippen molar-refractivity contribution in [2.24, 2.45) is 0 Å². The number of methoxy groups -OCH3 is 2. The summed E-state index contributed by atoms with van der Waals surface area (Å²) in [6, 6.07) is 3.75. The minimum Gasteiger partial charge on any atom is -0.382 e. The SMILES string of the molecule is COCC(CNS(=O)(=O)c1ccc(Br)cc1F)OC. The number of ether oxygens (including phenoxy) is 2. The van der Waals surface area contributed by atoms with E-state index in [1.54, 1.807) is 0 Å². The molecule has 0 spiro atoms. The lowest BCUT2D eigenvalue weighted by atomic mass is 10.3. The maximum atomic E-state index is 13.6. The number of nitrogens with one attached hydrogen (secondary N) is 1. The number of benzene rings is 1. The third-order valence-corrected chi connectivity index (χ3v) is 4.32. The smallest absolute Gasteiger partial charge is 0.243 e. The van der Waals surface area contributed by atoms with E-state index < -0.39 is 26.8 Å². The lowest BCUT2D eigenvalue weighted by molar-refractivity contribution is 0.0320. The second kappa shape index (κ2) is 7.30. The summed E-state index contributed by atoms with van der Waals surface area (Å²) in [5.41, 5.74) is 0. The predicted molar refractivity (Wildman–Crippen MR) is 72.0 cm³/mol. The molecule has 8 heteroatoms. The van der Waals surface area contributed by atoms with Crippen molar-refractivity contribution < 1.29 is 22.3 Å². The van der Waals surface area contributed by atoms with Gasteiger partial charge in [-0.1, -0.05) is 15.9 Å². The maximum Gasteiger partial charge on any atom is 0.243 e. The molecule has 0 saturated carbocycles. The number of sulfonamides is 1. The topological polar surface area (TPSA) is 64.6 Å². The average Bonchev–Trinajstić information content (AvgIpc) is 2.34. The Kier molecular flexibility index (Phi) is 6.34. The molecule has 0 fully saturated rings. The summed E-state index contributed by atoms with van der Waals surface area (Å²) in [6.07, 6.45) is -0.432. The van der Waals surface area contributed by atoms with E-state index >= 15 is 0 Å². The predicted octanol–water partition coefficient (Wildman–Crippen LogP) is 1.53. The highest BCUT2D eigenvalue weighted by Crippen LogP contribution is 2.19. The van der Waals surface area contributed by atoms with Crippen LogP contribution < -0.4 is 4.72 Å². The largest absolute Gasteiger partial charge is 0.382 e. The van der Waals surface area contributed by atoms with Gasteiger partial charge in [0.15, 0.2) is 0 Å². The Morgan fingerprint density at radius 3 is 2.63 bits per heavy atom. The van der Waals surface area contributed by atoms with Gasteiger partial charge in [0.25, 0.3) is 0 Å². The molecule has 0 bridgehead atoms. The zero-order valence-electron chi connectivity index (χ0n) is 10.5.